The van der Waals surface area contributed by atoms with Crippen molar-refractivity contribution >= 4 is 53.0 Å². The maximum Gasteiger partial charge on any atom is 0.175 e. The minimum absolute atomic E-state index is 0.192. The number of pyridine rings is 1. The third-order valence-electron chi connectivity index (χ3n) is 4.32. The number of sulfone groups is 2. The molecule has 0 radical (unpaired) electrons. The Bertz CT molecular complexity index is 1440. The normalized spacial score (nSPS) is 12.5. The first-order valence-corrected chi connectivity index (χ1v) is 12.0. The molecule has 4 aromatic rings. The molecule has 8 nitrogen and oxygen atoms in total. The van der Waals surface area contributed by atoms with Crippen molar-refractivity contribution < 1.29 is 16.8 Å². The van der Waals surface area contributed by atoms with E-state index in [-0.39, 0.29) is 9.79 Å². The van der Waals surface area contributed by atoms with Crippen molar-refractivity contribution in [3.05, 3.63) is 48.7 Å². The summed E-state index contributed by atoms with van der Waals surface area (Å²) in [5.74, 6) is 0.456. The van der Waals surface area contributed by atoms with Crippen LogP contribution in [0.3, 0.4) is 0 Å². The molecule has 144 valence electrons. The molecule has 0 amide bonds. The van der Waals surface area contributed by atoms with Crippen LogP contribution in [-0.2, 0) is 19.7 Å². The average Bonchev–Trinajstić information content (AvgIpc) is 3.10. The lowest BCUT2D eigenvalue weighted by Crippen LogP contribution is -2.01. The topological polar surface area (TPSA) is 122 Å². The molecular weight excluding hydrogens is 400 g/mol. The molecule has 28 heavy (non-hydrogen) atoms. The van der Waals surface area contributed by atoms with Crippen molar-refractivity contribution in [2.75, 3.05) is 17.8 Å². The standard InChI is InChI=1S/C18H16N4O4S2/c1-27(23,24)12-5-3-4-11(8-12)20-18-17-15(10-19-22-17)14-9-13(28(2,25)26)6-7-16(14)21-18/h3-10H,1-2H3,(H,19,22)(H,20,21). The lowest BCUT2D eigenvalue weighted by Gasteiger charge is -2.10. The highest BCUT2D eigenvalue weighted by molar-refractivity contribution is 7.91. The van der Waals surface area contributed by atoms with Gasteiger partial charge in [0, 0.05) is 29.0 Å². The summed E-state index contributed by atoms with van der Waals surface area (Å²) in [6, 6.07) is 11.1. The highest BCUT2D eigenvalue weighted by Crippen LogP contribution is 2.31. The first kappa shape index (κ1) is 18.4. The summed E-state index contributed by atoms with van der Waals surface area (Å²) in [4.78, 5) is 4.95. The zero-order valence-corrected chi connectivity index (χ0v) is 16.6. The summed E-state index contributed by atoms with van der Waals surface area (Å²) < 4.78 is 47.3. The number of nitrogens with zero attached hydrogens (tertiary/aromatic N) is 2. The fraction of sp³-hybridized carbons (Fsp3) is 0.111. The van der Waals surface area contributed by atoms with Gasteiger partial charge in [-0.1, -0.05) is 6.07 Å². The van der Waals surface area contributed by atoms with Crippen molar-refractivity contribution in [2.45, 2.75) is 9.79 Å². The van der Waals surface area contributed by atoms with Crippen LogP contribution in [-0.4, -0.2) is 44.5 Å². The van der Waals surface area contributed by atoms with E-state index in [9.17, 15) is 16.8 Å². The maximum atomic E-state index is 11.9. The van der Waals surface area contributed by atoms with Crippen molar-refractivity contribution in [1.29, 1.82) is 0 Å². The van der Waals surface area contributed by atoms with Crippen LogP contribution in [0.1, 0.15) is 0 Å². The monoisotopic (exact) mass is 416 g/mol. The van der Waals surface area contributed by atoms with Gasteiger partial charge in [0.25, 0.3) is 0 Å². The van der Waals surface area contributed by atoms with Gasteiger partial charge in [-0.3, -0.25) is 5.10 Å². The van der Waals surface area contributed by atoms with Crippen LogP contribution in [0.15, 0.2) is 58.5 Å². The molecule has 0 spiro atoms. The van der Waals surface area contributed by atoms with E-state index in [0.717, 1.165) is 12.5 Å². The molecule has 2 heterocycles. The van der Waals surface area contributed by atoms with Gasteiger partial charge in [-0.05, 0) is 36.4 Å². The Morgan fingerprint density at radius 3 is 2.32 bits per heavy atom. The molecule has 0 fully saturated rings. The minimum atomic E-state index is -3.35. The summed E-state index contributed by atoms with van der Waals surface area (Å²) in [6.45, 7) is 0. The third-order valence-corrected chi connectivity index (χ3v) is 6.54. The third kappa shape index (κ3) is 3.32. The van der Waals surface area contributed by atoms with E-state index >= 15 is 0 Å². The molecule has 10 heteroatoms. The Balaban J connectivity index is 1.88. The fourth-order valence-electron chi connectivity index (χ4n) is 2.94. The molecule has 2 aromatic carbocycles. The Morgan fingerprint density at radius 2 is 1.61 bits per heavy atom. The smallest absolute Gasteiger partial charge is 0.175 e. The van der Waals surface area contributed by atoms with Gasteiger partial charge in [0.1, 0.15) is 5.52 Å². The van der Waals surface area contributed by atoms with E-state index < -0.39 is 19.7 Å². The zero-order valence-electron chi connectivity index (χ0n) is 15.0. The molecule has 0 atom stereocenters. The number of hydrogen-bond donors (Lipinski definition) is 2. The lowest BCUT2D eigenvalue weighted by molar-refractivity contribution is 0.600. The number of benzene rings is 2. The molecule has 0 saturated carbocycles. The van der Waals surface area contributed by atoms with E-state index in [0.29, 0.717) is 33.3 Å². The SMILES string of the molecule is CS(=O)(=O)c1cccc(Nc2nc3ccc(S(C)(=O)=O)cc3c3cn[nH]c23)c1. The van der Waals surface area contributed by atoms with Gasteiger partial charge in [0.2, 0.25) is 0 Å². The maximum absolute atomic E-state index is 11.9. The summed E-state index contributed by atoms with van der Waals surface area (Å²) in [6.07, 6.45) is 3.90. The van der Waals surface area contributed by atoms with Gasteiger partial charge in [-0.15, -0.1) is 0 Å². The molecule has 0 aliphatic rings. The number of rotatable bonds is 4. The quantitative estimate of drug-likeness (QED) is 0.524. The zero-order chi connectivity index (χ0) is 20.1. The number of anilines is 2. The van der Waals surface area contributed by atoms with Crippen LogP contribution in [0.2, 0.25) is 0 Å². The minimum Gasteiger partial charge on any atom is -0.338 e. The first-order valence-electron chi connectivity index (χ1n) is 8.17. The van der Waals surface area contributed by atoms with E-state index in [2.05, 4.69) is 20.5 Å². The second-order valence-electron chi connectivity index (χ2n) is 6.50. The number of nitrogens with one attached hydrogen (secondary N) is 2. The highest BCUT2D eigenvalue weighted by Gasteiger charge is 2.15. The highest BCUT2D eigenvalue weighted by atomic mass is 32.2. The molecule has 0 saturated heterocycles. The van der Waals surface area contributed by atoms with Gasteiger partial charge in [0.05, 0.1) is 21.5 Å². The Labute approximate surface area is 161 Å². The molecule has 0 aliphatic carbocycles. The second-order valence-corrected chi connectivity index (χ2v) is 10.5. The Kier molecular flexibility index (Phi) is 4.12. The molecule has 0 aliphatic heterocycles. The molecule has 4 rings (SSSR count). The van der Waals surface area contributed by atoms with Crippen molar-refractivity contribution in [2.24, 2.45) is 0 Å². The summed E-state index contributed by atoms with van der Waals surface area (Å²) >= 11 is 0. The first-order chi connectivity index (χ1) is 13.1. The van der Waals surface area contributed by atoms with Gasteiger partial charge < -0.3 is 5.32 Å². The Morgan fingerprint density at radius 1 is 0.893 bits per heavy atom. The molecular formula is C18H16N4O4S2. The molecule has 0 bridgehead atoms. The van der Waals surface area contributed by atoms with Crippen molar-refractivity contribution in [3.63, 3.8) is 0 Å². The van der Waals surface area contributed by atoms with Crippen LogP contribution in [0.25, 0.3) is 21.8 Å². The summed E-state index contributed by atoms with van der Waals surface area (Å²) in [5.41, 5.74) is 1.73. The van der Waals surface area contributed by atoms with Gasteiger partial charge in [-0.25, -0.2) is 21.8 Å². The number of aromatic amines is 1. The number of H-pyrrole nitrogens is 1. The molecule has 2 N–H and O–H groups in total. The number of fused-ring (bicyclic) bond motifs is 3. The average molecular weight is 416 g/mol. The predicted molar refractivity (Wildman–Crippen MR) is 107 cm³/mol. The summed E-state index contributed by atoms with van der Waals surface area (Å²) in [5, 5.41) is 11.4. The lowest BCUT2D eigenvalue weighted by atomic mass is 10.1. The fourth-order valence-corrected chi connectivity index (χ4v) is 4.25. The van der Waals surface area contributed by atoms with Gasteiger partial charge in [0.15, 0.2) is 25.5 Å². The van der Waals surface area contributed by atoms with Crippen LogP contribution in [0, 0.1) is 0 Å². The van der Waals surface area contributed by atoms with E-state index in [1.807, 2.05) is 0 Å². The van der Waals surface area contributed by atoms with Gasteiger partial charge >= 0.3 is 0 Å². The second kappa shape index (κ2) is 6.28. The van der Waals surface area contributed by atoms with Crippen LogP contribution in [0.4, 0.5) is 11.5 Å². The van der Waals surface area contributed by atoms with E-state index in [1.165, 1.54) is 18.2 Å². The van der Waals surface area contributed by atoms with Crippen LogP contribution >= 0.6 is 0 Å². The Hall–Kier alpha value is -2.98. The largest absolute Gasteiger partial charge is 0.338 e. The number of aromatic nitrogens is 3. The predicted octanol–water partition coefficient (Wildman–Crippen LogP) is 2.66. The van der Waals surface area contributed by atoms with E-state index in [1.54, 1.807) is 30.5 Å². The summed E-state index contributed by atoms with van der Waals surface area (Å²) in [7, 11) is -6.69. The van der Waals surface area contributed by atoms with Crippen molar-refractivity contribution in [3.8, 4) is 0 Å². The van der Waals surface area contributed by atoms with Crippen LogP contribution < -0.4 is 5.32 Å². The van der Waals surface area contributed by atoms with Crippen LogP contribution in [0.5, 0.6) is 0 Å². The van der Waals surface area contributed by atoms with Crippen molar-refractivity contribution in [1.82, 2.24) is 15.2 Å². The molecule has 0 unspecified atom stereocenters. The van der Waals surface area contributed by atoms with E-state index in [4.69, 9.17) is 0 Å². The number of hydrogen-bond acceptors (Lipinski definition) is 7. The van der Waals surface area contributed by atoms with Gasteiger partial charge in [-0.2, -0.15) is 5.10 Å². The molecule has 2 aromatic heterocycles.